The zero-order valence-corrected chi connectivity index (χ0v) is 33.3. The Morgan fingerprint density at radius 3 is 1.92 bits per heavy atom. The van der Waals surface area contributed by atoms with E-state index in [1.807, 2.05) is 0 Å². The highest BCUT2D eigenvalue weighted by Gasteiger charge is 2.35. The fourth-order valence-electron chi connectivity index (χ4n) is 9.55. The van der Waals surface area contributed by atoms with Crippen LogP contribution in [0.1, 0.15) is 42.5 Å². The molecule has 59 heavy (non-hydrogen) atoms. The molecule has 8 aromatic carbocycles. The number of nitrogens with zero attached hydrogens (tertiary/aromatic N) is 3. The number of imidazole rings is 1. The Morgan fingerprint density at radius 2 is 1.14 bits per heavy atom. The average Bonchev–Trinajstić information content (AvgIpc) is 3.80. The molecule has 0 bridgehead atoms. The molecule has 3 heteroatoms. The number of aromatic nitrogens is 2. The molecular formula is C56H43N3. The van der Waals surface area contributed by atoms with E-state index in [1.54, 1.807) is 0 Å². The Hall–Kier alpha value is -7.23. The molecule has 0 N–H and O–H groups in total. The lowest BCUT2D eigenvalue weighted by molar-refractivity contribution is 0.660. The van der Waals surface area contributed by atoms with Gasteiger partial charge in [-0.2, -0.15) is 0 Å². The molecular weight excluding hydrogens is 715 g/mol. The minimum Gasteiger partial charge on any atom is -0.310 e. The van der Waals surface area contributed by atoms with E-state index in [9.17, 15) is 0 Å². The van der Waals surface area contributed by atoms with Crippen molar-refractivity contribution in [3.05, 3.63) is 216 Å². The van der Waals surface area contributed by atoms with E-state index in [4.69, 9.17) is 4.98 Å². The van der Waals surface area contributed by atoms with Crippen LogP contribution in [0.2, 0.25) is 0 Å². The molecule has 0 amide bonds. The van der Waals surface area contributed by atoms with Crippen molar-refractivity contribution in [3.63, 3.8) is 0 Å². The minimum atomic E-state index is -0.0539. The highest BCUT2D eigenvalue weighted by molar-refractivity contribution is 5.91. The molecule has 2 aliphatic rings. The topological polar surface area (TPSA) is 21.1 Å². The zero-order chi connectivity index (χ0) is 39.5. The molecule has 0 saturated heterocycles. The van der Waals surface area contributed by atoms with Gasteiger partial charge in [-0.05, 0) is 136 Å². The first-order valence-electron chi connectivity index (χ1n) is 20.7. The maximum Gasteiger partial charge on any atom is 0.145 e. The van der Waals surface area contributed by atoms with Gasteiger partial charge in [0, 0.05) is 33.6 Å². The van der Waals surface area contributed by atoms with Crippen LogP contribution in [0.3, 0.4) is 0 Å². The van der Waals surface area contributed by atoms with E-state index in [1.165, 1.54) is 61.3 Å². The molecule has 0 fully saturated rings. The molecule has 0 unspecified atom stereocenters. The summed E-state index contributed by atoms with van der Waals surface area (Å²) in [5.41, 5.74) is 20.8. The van der Waals surface area contributed by atoms with Gasteiger partial charge in [-0.3, -0.25) is 4.57 Å². The number of hydrogen-bond acceptors (Lipinski definition) is 2. The maximum atomic E-state index is 5.17. The fraction of sp³-hybridized carbons (Fsp3) is 0.0893. The molecule has 2 aliphatic carbocycles. The van der Waals surface area contributed by atoms with Gasteiger partial charge in [-0.25, -0.2) is 4.98 Å². The quantitative estimate of drug-likeness (QED) is 0.161. The monoisotopic (exact) mass is 757 g/mol. The van der Waals surface area contributed by atoms with Crippen molar-refractivity contribution in [2.24, 2.45) is 0 Å². The smallest absolute Gasteiger partial charge is 0.145 e. The van der Waals surface area contributed by atoms with Crippen molar-refractivity contribution in [1.82, 2.24) is 9.55 Å². The Labute approximate surface area is 346 Å². The van der Waals surface area contributed by atoms with E-state index in [2.05, 4.69) is 224 Å². The summed E-state index contributed by atoms with van der Waals surface area (Å²) < 4.78 is 2.27. The maximum absolute atomic E-state index is 5.17. The molecule has 0 aliphatic heterocycles. The number of para-hydroxylation sites is 3. The molecule has 11 rings (SSSR count). The van der Waals surface area contributed by atoms with Gasteiger partial charge in [0.2, 0.25) is 0 Å². The summed E-state index contributed by atoms with van der Waals surface area (Å²) in [4.78, 5) is 7.60. The predicted octanol–water partition coefficient (Wildman–Crippen LogP) is 14.8. The number of fused-ring (bicyclic) bond motifs is 5. The van der Waals surface area contributed by atoms with Crippen LogP contribution in [0, 0.1) is 0 Å². The highest BCUT2D eigenvalue weighted by Crippen LogP contribution is 2.51. The third-order valence-electron chi connectivity index (χ3n) is 12.5. The van der Waals surface area contributed by atoms with Gasteiger partial charge >= 0.3 is 0 Å². The molecule has 1 heterocycles. The van der Waals surface area contributed by atoms with Gasteiger partial charge in [0.05, 0.1) is 16.7 Å². The first-order chi connectivity index (χ1) is 29.0. The van der Waals surface area contributed by atoms with Gasteiger partial charge in [-0.1, -0.05) is 141 Å². The van der Waals surface area contributed by atoms with Crippen LogP contribution in [0.15, 0.2) is 194 Å². The van der Waals surface area contributed by atoms with Crippen LogP contribution in [-0.2, 0) is 11.8 Å². The highest BCUT2D eigenvalue weighted by atomic mass is 15.1. The summed E-state index contributed by atoms with van der Waals surface area (Å²) in [6.45, 7) is 4.73. The Morgan fingerprint density at radius 1 is 0.525 bits per heavy atom. The minimum absolute atomic E-state index is 0.0539. The summed E-state index contributed by atoms with van der Waals surface area (Å²) in [5, 5.41) is 0. The van der Waals surface area contributed by atoms with Crippen LogP contribution in [-0.4, -0.2) is 9.55 Å². The number of anilines is 3. The molecule has 9 aromatic rings. The largest absolute Gasteiger partial charge is 0.310 e. The summed E-state index contributed by atoms with van der Waals surface area (Å²) >= 11 is 0. The second-order valence-electron chi connectivity index (χ2n) is 16.3. The molecule has 0 radical (unpaired) electrons. The van der Waals surface area contributed by atoms with Crippen LogP contribution >= 0.6 is 0 Å². The van der Waals surface area contributed by atoms with Crippen molar-refractivity contribution in [1.29, 1.82) is 0 Å². The van der Waals surface area contributed by atoms with Crippen LogP contribution in [0.5, 0.6) is 0 Å². The van der Waals surface area contributed by atoms with Gasteiger partial charge in [-0.15, -0.1) is 0 Å². The molecule has 0 saturated carbocycles. The second-order valence-corrected chi connectivity index (χ2v) is 16.3. The van der Waals surface area contributed by atoms with Crippen molar-refractivity contribution in [2.75, 3.05) is 4.90 Å². The van der Waals surface area contributed by atoms with Crippen molar-refractivity contribution >= 4 is 34.2 Å². The van der Waals surface area contributed by atoms with E-state index in [0.717, 1.165) is 52.3 Å². The summed E-state index contributed by atoms with van der Waals surface area (Å²) in [6.07, 6.45) is 6.71. The number of allylic oxidation sites excluding steroid dienone is 1. The Bertz CT molecular complexity index is 3040. The van der Waals surface area contributed by atoms with E-state index in [-0.39, 0.29) is 5.41 Å². The van der Waals surface area contributed by atoms with Crippen LogP contribution in [0.25, 0.3) is 67.6 Å². The number of rotatable bonds is 7. The van der Waals surface area contributed by atoms with Gasteiger partial charge < -0.3 is 4.90 Å². The van der Waals surface area contributed by atoms with Crippen LogP contribution < -0.4 is 4.90 Å². The lowest BCUT2D eigenvalue weighted by Gasteiger charge is -2.30. The van der Waals surface area contributed by atoms with Crippen molar-refractivity contribution in [2.45, 2.75) is 32.1 Å². The second kappa shape index (κ2) is 14.0. The first-order valence-corrected chi connectivity index (χ1v) is 20.7. The van der Waals surface area contributed by atoms with Gasteiger partial charge in [0.15, 0.2) is 0 Å². The molecule has 282 valence electrons. The number of hydrogen-bond donors (Lipinski definition) is 0. The Kier molecular flexibility index (Phi) is 8.30. The third-order valence-corrected chi connectivity index (χ3v) is 12.5. The van der Waals surface area contributed by atoms with E-state index >= 15 is 0 Å². The molecule has 0 spiro atoms. The summed E-state index contributed by atoms with van der Waals surface area (Å²) in [7, 11) is 0. The normalized spacial score (nSPS) is 13.5. The van der Waals surface area contributed by atoms with Crippen LogP contribution in [0.4, 0.5) is 17.1 Å². The fourth-order valence-corrected chi connectivity index (χ4v) is 9.55. The lowest BCUT2D eigenvalue weighted by atomic mass is 9.80. The van der Waals surface area contributed by atoms with Crippen molar-refractivity contribution in [3.8, 4) is 50.5 Å². The number of benzene rings is 8. The van der Waals surface area contributed by atoms with E-state index in [0.29, 0.717) is 0 Å². The average molecular weight is 758 g/mol. The third kappa shape index (κ3) is 5.84. The zero-order valence-electron chi connectivity index (χ0n) is 33.3. The first kappa shape index (κ1) is 35.0. The molecule has 0 atom stereocenters. The predicted molar refractivity (Wildman–Crippen MR) is 247 cm³/mol. The Balaban J connectivity index is 1.04. The van der Waals surface area contributed by atoms with E-state index < -0.39 is 0 Å². The standard InChI is InChI=1S/C56H43N3/c1-56(2)50-22-12-11-20-47(50)48-34-29-41(37-51(48)56)45-35-36-53(49-21-10-9-19-46(45)49)58(43-30-25-39(26-31-43)38-15-5-3-6-16-38)44-32-27-40(28-33-44)55-57-52-23-13-14-24-54(52)59(55)42-17-7-4-8-18-42/h3-8,10-18,20-37H,9,19H2,1-2H3. The van der Waals surface area contributed by atoms with Crippen molar-refractivity contribution < 1.29 is 0 Å². The summed E-state index contributed by atoms with van der Waals surface area (Å²) in [5.74, 6) is 0.924. The SMILES string of the molecule is CC1(C)c2ccccc2-c2ccc(-c3ccc(N(c4ccc(-c5ccccc5)cc4)c4ccc(-c5nc6ccccc6n5-c5ccccc5)cc4)c4c3CCC=C4)cc21. The van der Waals surface area contributed by atoms with Gasteiger partial charge in [0.1, 0.15) is 5.82 Å². The lowest BCUT2D eigenvalue weighted by Crippen LogP contribution is -2.15. The summed E-state index contributed by atoms with van der Waals surface area (Å²) in [6, 6.07) is 68.3. The van der Waals surface area contributed by atoms with Gasteiger partial charge in [0.25, 0.3) is 0 Å². The molecule has 1 aromatic heterocycles. The molecule has 3 nitrogen and oxygen atoms in total.